The van der Waals surface area contributed by atoms with Crippen molar-refractivity contribution in [2.75, 3.05) is 20.6 Å². The zero-order valence-corrected chi connectivity index (χ0v) is 21.6. The number of allylic oxidation sites excluding steroid dienone is 2. The third-order valence-electron chi connectivity index (χ3n) is 5.70. The number of hydrogen-bond acceptors (Lipinski definition) is 5. The van der Waals surface area contributed by atoms with Gasteiger partial charge in [-0.3, -0.25) is 9.79 Å². The summed E-state index contributed by atoms with van der Waals surface area (Å²) in [7, 11) is 3.49. The minimum absolute atomic E-state index is 0.0482. The Morgan fingerprint density at radius 2 is 1.84 bits per heavy atom. The van der Waals surface area contributed by atoms with Crippen LogP contribution in [0.3, 0.4) is 0 Å². The molecule has 0 aliphatic rings. The van der Waals surface area contributed by atoms with Crippen LogP contribution in [0.4, 0.5) is 13.2 Å². The second-order valence-electron chi connectivity index (χ2n) is 8.64. The first-order valence-electron chi connectivity index (χ1n) is 11.8. The standard InChI is InChI=1S/C27H32ClF3N4O2/c1-33-24(26(37)35(2)18-20-9-11-22(28)12-10-20)16-21-7-3-5-19(15-21)6-4-8-23(34-13-14-36)17-25(32)27(29,30)31/h3,5,7,9-12,14-15,17,24,33H,4,6,8,13,16,18,32H2,1-2H3/t24-/m0/s1. The molecule has 200 valence electrons. The molecule has 0 spiro atoms. The highest BCUT2D eigenvalue weighted by molar-refractivity contribution is 6.30. The van der Waals surface area contributed by atoms with Crippen LogP contribution in [-0.4, -0.2) is 55.7 Å². The number of nitrogens with one attached hydrogen (secondary N) is 1. The summed E-state index contributed by atoms with van der Waals surface area (Å²) in [5, 5.41) is 3.72. The smallest absolute Gasteiger partial charge is 0.395 e. The fraction of sp³-hybridized carbons (Fsp3) is 0.370. The van der Waals surface area contributed by atoms with E-state index in [1.54, 1.807) is 31.1 Å². The van der Waals surface area contributed by atoms with Crippen LogP contribution in [-0.2, 0) is 29.0 Å². The van der Waals surface area contributed by atoms with Crippen molar-refractivity contribution in [1.29, 1.82) is 0 Å². The highest BCUT2D eigenvalue weighted by atomic mass is 35.5. The topological polar surface area (TPSA) is 87.8 Å². The number of benzene rings is 2. The number of nitrogens with zero attached hydrogens (tertiary/aromatic N) is 2. The number of halogens is 4. The molecular formula is C27H32ClF3N4O2. The summed E-state index contributed by atoms with van der Waals surface area (Å²) >= 11 is 5.93. The average molecular weight is 537 g/mol. The van der Waals surface area contributed by atoms with Gasteiger partial charge in [-0.2, -0.15) is 13.2 Å². The highest BCUT2D eigenvalue weighted by Gasteiger charge is 2.31. The number of aldehydes is 1. The van der Waals surface area contributed by atoms with Crippen LogP contribution in [0, 0.1) is 0 Å². The molecule has 2 aromatic rings. The number of rotatable bonds is 13. The lowest BCUT2D eigenvalue weighted by molar-refractivity contribution is -0.132. The number of carbonyl (C=O) groups excluding carboxylic acids is 2. The molecule has 1 atom stereocenters. The van der Waals surface area contributed by atoms with Crippen LogP contribution < -0.4 is 11.1 Å². The molecule has 3 N–H and O–H groups in total. The molecule has 0 heterocycles. The summed E-state index contributed by atoms with van der Waals surface area (Å²) in [5.41, 5.74) is 6.90. The largest absolute Gasteiger partial charge is 0.430 e. The molecule has 2 rings (SSSR count). The van der Waals surface area contributed by atoms with Crippen LogP contribution in [0.25, 0.3) is 0 Å². The van der Waals surface area contributed by atoms with E-state index in [2.05, 4.69) is 10.3 Å². The molecule has 10 heteroatoms. The highest BCUT2D eigenvalue weighted by Crippen LogP contribution is 2.22. The summed E-state index contributed by atoms with van der Waals surface area (Å²) in [6, 6.07) is 14.6. The molecular weight excluding hydrogens is 505 g/mol. The van der Waals surface area contributed by atoms with E-state index in [1.165, 1.54) is 0 Å². The molecule has 0 aliphatic heterocycles. The van der Waals surface area contributed by atoms with Gasteiger partial charge in [0.15, 0.2) is 0 Å². The van der Waals surface area contributed by atoms with Gasteiger partial charge < -0.3 is 20.7 Å². The van der Waals surface area contributed by atoms with Gasteiger partial charge in [-0.15, -0.1) is 0 Å². The van der Waals surface area contributed by atoms with Gasteiger partial charge in [0.2, 0.25) is 5.91 Å². The van der Waals surface area contributed by atoms with E-state index in [0.29, 0.717) is 37.1 Å². The molecule has 0 saturated carbocycles. The maximum Gasteiger partial charge on any atom is 0.430 e. The fourth-order valence-corrected chi connectivity index (χ4v) is 3.88. The van der Waals surface area contributed by atoms with Gasteiger partial charge in [-0.1, -0.05) is 48.0 Å². The van der Waals surface area contributed by atoms with Crippen LogP contribution in [0.1, 0.15) is 29.5 Å². The maximum atomic E-state index is 13.0. The second-order valence-corrected chi connectivity index (χ2v) is 9.07. The van der Waals surface area contributed by atoms with Gasteiger partial charge in [-0.25, -0.2) is 0 Å². The van der Waals surface area contributed by atoms with E-state index in [9.17, 15) is 22.8 Å². The van der Waals surface area contributed by atoms with Gasteiger partial charge in [0.05, 0.1) is 12.6 Å². The van der Waals surface area contributed by atoms with Gasteiger partial charge in [-0.05, 0) is 67.6 Å². The van der Waals surface area contributed by atoms with Crippen LogP contribution in [0.5, 0.6) is 0 Å². The fourth-order valence-electron chi connectivity index (χ4n) is 3.75. The molecule has 0 unspecified atom stereocenters. The van der Waals surface area contributed by atoms with Crippen LogP contribution in [0.15, 0.2) is 65.3 Å². The van der Waals surface area contributed by atoms with Crippen molar-refractivity contribution in [3.05, 3.63) is 82.0 Å². The number of alkyl halides is 3. The molecule has 0 aliphatic carbocycles. The SMILES string of the molecule is CN[C@@H](Cc1cccc(CCCC(C=C(N)C(F)(F)F)=NCC=O)c1)C(=O)N(C)Cc1ccc(Cl)cc1. The Hall–Kier alpha value is -3.17. The number of carbonyl (C=O) groups is 2. The lowest BCUT2D eigenvalue weighted by atomic mass is 9.99. The Kier molecular flexibility index (Phi) is 11.8. The molecule has 1 amide bonds. The molecule has 0 saturated heterocycles. The van der Waals surface area contributed by atoms with Crippen molar-refractivity contribution in [2.45, 2.75) is 44.4 Å². The molecule has 37 heavy (non-hydrogen) atoms. The number of likely N-dealkylation sites (N-methyl/N-ethyl adjacent to an activating group) is 2. The van der Waals surface area contributed by atoms with Gasteiger partial charge in [0.25, 0.3) is 0 Å². The van der Waals surface area contributed by atoms with E-state index in [-0.39, 0.29) is 24.6 Å². The number of aliphatic imine (C=N–C) groups is 1. The molecule has 0 aromatic heterocycles. The second kappa shape index (κ2) is 14.5. The Balaban J connectivity index is 1.99. The van der Waals surface area contributed by atoms with Crippen molar-refractivity contribution in [2.24, 2.45) is 10.7 Å². The Labute approximate surface area is 220 Å². The van der Waals surface area contributed by atoms with E-state index in [4.69, 9.17) is 17.3 Å². The molecule has 6 nitrogen and oxygen atoms in total. The summed E-state index contributed by atoms with van der Waals surface area (Å²) in [5.74, 6) is -0.0482. The Bertz CT molecular complexity index is 1100. The molecule has 2 aromatic carbocycles. The predicted octanol–water partition coefficient (Wildman–Crippen LogP) is 4.50. The van der Waals surface area contributed by atoms with Crippen molar-refractivity contribution >= 4 is 29.5 Å². The van der Waals surface area contributed by atoms with E-state index >= 15 is 0 Å². The lowest BCUT2D eigenvalue weighted by Gasteiger charge is -2.24. The minimum atomic E-state index is -4.65. The zero-order valence-electron chi connectivity index (χ0n) is 20.9. The third-order valence-corrected chi connectivity index (χ3v) is 5.96. The van der Waals surface area contributed by atoms with Gasteiger partial charge in [0, 0.05) is 24.3 Å². The summed E-state index contributed by atoms with van der Waals surface area (Å²) in [6.07, 6.45) is -1.53. The van der Waals surface area contributed by atoms with E-state index < -0.39 is 17.9 Å². The van der Waals surface area contributed by atoms with Crippen molar-refractivity contribution in [1.82, 2.24) is 10.2 Å². The third kappa shape index (κ3) is 10.4. The van der Waals surface area contributed by atoms with Crippen molar-refractivity contribution in [3.8, 4) is 0 Å². The first-order valence-corrected chi connectivity index (χ1v) is 12.2. The maximum absolute atomic E-state index is 13.0. The van der Waals surface area contributed by atoms with Crippen molar-refractivity contribution in [3.63, 3.8) is 0 Å². The van der Waals surface area contributed by atoms with Crippen LogP contribution in [0.2, 0.25) is 5.02 Å². The predicted molar refractivity (Wildman–Crippen MR) is 141 cm³/mol. The lowest BCUT2D eigenvalue weighted by Crippen LogP contribution is -2.44. The van der Waals surface area contributed by atoms with E-state index in [0.717, 1.165) is 22.8 Å². The minimum Gasteiger partial charge on any atom is -0.395 e. The summed E-state index contributed by atoms with van der Waals surface area (Å²) < 4.78 is 38.3. The quantitative estimate of drug-likeness (QED) is 0.291. The number of amides is 1. The summed E-state index contributed by atoms with van der Waals surface area (Å²) in [6.45, 7) is 0.230. The number of aryl methyl sites for hydroxylation is 1. The Morgan fingerprint density at radius 1 is 1.16 bits per heavy atom. The monoisotopic (exact) mass is 536 g/mol. The van der Waals surface area contributed by atoms with Crippen molar-refractivity contribution < 1.29 is 22.8 Å². The first kappa shape index (κ1) is 30.1. The first-order chi connectivity index (χ1) is 17.5. The molecule has 0 fully saturated rings. The number of hydrogen-bond donors (Lipinski definition) is 2. The zero-order chi connectivity index (χ0) is 27.4. The average Bonchev–Trinajstić information content (AvgIpc) is 2.86. The number of nitrogens with two attached hydrogens (primary N) is 1. The normalized spacial score (nSPS) is 13.4. The van der Waals surface area contributed by atoms with Crippen LogP contribution >= 0.6 is 11.6 Å². The van der Waals surface area contributed by atoms with Gasteiger partial charge >= 0.3 is 6.18 Å². The molecule has 0 radical (unpaired) electrons. The molecule has 0 bridgehead atoms. The Morgan fingerprint density at radius 3 is 2.46 bits per heavy atom. The van der Waals surface area contributed by atoms with E-state index in [1.807, 2.05) is 36.4 Å². The van der Waals surface area contributed by atoms with Gasteiger partial charge in [0.1, 0.15) is 12.0 Å². The summed E-state index contributed by atoms with van der Waals surface area (Å²) in [4.78, 5) is 29.2.